The van der Waals surface area contributed by atoms with Gasteiger partial charge in [0.1, 0.15) is 5.70 Å². The van der Waals surface area contributed by atoms with Gasteiger partial charge in [-0.15, -0.1) is 0 Å². The van der Waals surface area contributed by atoms with E-state index in [1.165, 1.54) is 0 Å². The largest absolute Gasteiger partial charge is 0.465 e. The van der Waals surface area contributed by atoms with Gasteiger partial charge in [-0.1, -0.05) is 57.4 Å². The van der Waals surface area contributed by atoms with E-state index in [-0.39, 0.29) is 18.7 Å². The van der Waals surface area contributed by atoms with Gasteiger partial charge in [-0.2, -0.15) is 0 Å². The van der Waals surface area contributed by atoms with Crippen LogP contribution in [0.15, 0.2) is 54.5 Å². The fraction of sp³-hybridized carbons (Fsp3) is 0.385. The third-order valence-electron chi connectivity index (χ3n) is 5.76. The first-order valence-corrected chi connectivity index (χ1v) is 11.5. The number of amides is 3. The number of hydrogen-bond acceptors (Lipinski definition) is 5. The van der Waals surface area contributed by atoms with Gasteiger partial charge >= 0.3 is 12.0 Å². The van der Waals surface area contributed by atoms with E-state index in [2.05, 4.69) is 24.1 Å². The summed E-state index contributed by atoms with van der Waals surface area (Å²) in [7, 11) is 0. The first-order valence-electron chi connectivity index (χ1n) is 11.5. The molecule has 1 aliphatic heterocycles. The number of nitrogens with zero attached hydrogens (tertiary/aromatic N) is 2. The first kappa shape index (κ1) is 24.2. The van der Waals surface area contributed by atoms with E-state index in [0.717, 1.165) is 47.3 Å². The Morgan fingerprint density at radius 3 is 2.45 bits per heavy atom. The molecular weight excluding hydrogens is 418 g/mol. The van der Waals surface area contributed by atoms with Gasteiger partial charge in [0.25, 0.3) is 5.91 Å². The maximum absolute atomic E-state index is 12.7. The van der Waals surface area contributed by atoms with Gasteiger partial charge in [-0.25, -0.2) is 4.79 Å². The van der Waals surface area contributed by atoms with Crippen LogP contribution >= 0.6 is 0 Å². The molecule has 1 N–H and O–H groups in total. The molecule has 2 heterocycles. The molecule has 3 rings (SSSR count). The minimum atomic E-state index is -0.526. The molecular formula is C26H31N3O4. The van der Waals surface area contributed by atoms with Crippen LogP contribution in [0.1, 0.15) is 51.5 Å². The van der Waals surface area contributed by atoms with Gasteiger partial charge in [0, 0.05) is 18.9 Å². The lowest BCUT2D eigenvalue weighted by Crippen LogP contribution is -2.33. The zero-order valence-corrected chi connectivity index (χ0v) is 19.3. The molecule has 1 aliphatic rings. The maximum Gasteiger partial charge on any atom is 0.329 e. The summed E-state index contributed by atoms with van der Waals surface area (Å²) in [4.78, 5) is 42.1. The van der Waals surface area contributed by atoms with Crippen molar-refractivity contribution in [1.82, 2.24) is 15.2 Å². The number of urea groups is 1. The number of ether oxygens (including phenoxy) is 1. The third-order valence-corrected chi connectivity index (χ3v) is 5.76. The van der Waals surface area contributed by atoms with Crippen LogP contribution in [0.25, 0.3) is 17.2 Å². The number of carbonyl (C=O) groups is 3. The number of benzene rings is 1. The van der Waals surface area contributed by atoms with E-state index in [1.54, 1.807) is 18.5 Å². The Hall–Kier alpha value is -3.48. The molecule has 174 valence electrons. The summed E-state index contributed by atoms with van der Waals surface area (Å²) in [6.45, 7) is 4.60. The number of aromatic nitrogens is 1. The highest BCUT2D eigenvalue weighted by Crippen LogP contribution is 2.21. The second-order valence-corrected chi connectivity index (χ2v) is 8.15. The van der Waals surface area contributed by atoms with Gasteiger partial charge in [0.05, 0.1) is 13.0 Å². The molecule has 0 spiro atoms. The van der Waals surface area contributed by atoms with Crippen molar-refractivity contribution >= 4 is 24.0 Å². The summed E-state index contributed by atoms with van der Waals surface area (Å²) >= 11 is 0. The predicted molar refractivity (Wildman–Crippen MR) is 127 cm³/mol. The maximum atomic E-state index is 12.7. The number of hydrogen-bond donors (Lipinski definition) is 1. The zero-order chi connectivity index (χ0) is 23.6. The minimum absolute atomic E-state index is 0.00638. The molecule has 0 aliphatic carbocycles. The van der Waals surface area contributed by atoms with Crippen molar-refractivity contribution in [2.24, 2.45) is 5.92 Å². The molecule has 33 heavy (non-hydrogen) atoms. The van der Waals surface area contributed by atoms with Crippen LogP contribution in [-0.2, 0) is 14.3 Å². The summed E-state index contributed by atoms with van der Waals surface area (Å²) < 4.78 is 5.37. The molecule has 1 aromatic heterocycles. The van der Waals surface area contributed by atoms with E-state index in [9.17, 15) is 14.4 Å². The van der Waals surface area contributed by atoms with Crippen molar-refractivity contribution in [3.05, 3.63) is 60.1 Å². The summed E-state index contributed by atoms with van der Waals surface area (Å²) in [6.07, 6.45) is 9.30. The van der Waals surface area contributed by atoms with Gasteiger partial charge in [-0.05, 0) is 47.2 Å². The topological polar surface area (TPSA) is 88.6 Å². The van der Waals surface area contributed by atoms with Crippen LogP contribution in [0.5, 0.6) is 0 Å². The lowest BCUT2D eigenvalue weighted by atomic mass is 10.0. The van der Waals surface area contributed by atoms with Crippen LogP contribution in [0, 0.1) is 5.92 Å². The minimum Gasteiger partial charge on any atom is -0.465 e. The standard InChI is InChI=1S/C26H31N3O4/c1-3-5-6-19(4-2)18-33-24(30)13-16-29-25(31)23(28-26(29)32)17-20-7-9-21(10-8-20)22-11-14-27-15-12-22/h7-12,14-15,17,19H,3-6,13,16,18H2,1-2H3,(H,28,32). The Balaban J connectivity index is 1.53. The quantitative estimate of drug-likeness (QED) is 0.303. The predicted octanol–water partition coefficient (Wildman–Crippen LogP) is 4.79. The lowest BCUT2D eigenvalue weighted by Gasteiger charge is -2.15. The Morgan fingerprint density at radius 2 is 1.79 bits per heavy atom. The van der Waals surface area contributed by atoms with Gasteiger partial charge in [0.15, 0.2) is 0 Å². The first-order chi connectivity index (χ1) is 16.0. The fourth-order valence-corrected chi connectivity index (χ4v) is 3.64. The molecule has 1 unspecified atom stereocenters. The molecule has 0 bridgehead atoms. The zero-order valence-electron chi connectivity index (χ0n) is 19.3. The molecule has 3 amide bonds. The fourth-order valence-electron chi connectivity index (χ4n) is 3.64. The van der Waals surface area contributed by atoms with Crippen LogP contribution in [0.2, 0.25) is 0 Å². The Kier molecular flexibility index (Phi) is 8.75. The number of nitrogens with one attached hydrogen (secondary N) is 1. The molecule has 1 atom stereocenters. The second kappa shape index (κ2) is 11.9. The second-order valence-electron chi connectivity index (χ2n) is 8.15. The van der Waals surface area contributed by atoms with Crippen LogP contribution in [0.4, 0.5) is 4.79 Å². The number of pyridine rings is 1. The van der Waals surface area contributed by atoms with Crippen LogP contribution < -0.4 is 5.32 Å². The van der Waals surface area contributed by atoms with E-state index in [1.807, 2.05) is 36.4 Å². The third kappa shape index (κ3) is 6.75. The Morgan fingerprint density at radius 1 is 1.09 bits per heavy atom. The molecule has 2 aromatic rings. The monoisotopic (exact) mass is 449 g/mol. The van der Waals surface area contributed by atoms with E-state index >= 15 is 0 Å². The van der Waals surface area contributed by atoms with Crippen molar-refractivity contribution in [2.45, 2.75) is 46.0 Å². The van der Waals surface area contributed by atoms with Crippen molar-refractivity contribution < 1.29 is 19.1 Å². The van der Waals surface area contributed by atoms with Gasteiger partial charge in [-0.3, -0.25) is 19.5 Å². The summed E-state index contributed by atoms with van der Waals surface area (Å²) in [5, 5.41) is 2.59. The number of carbonyl (C=O) groups excluding carboxylic acids is 3. The van der Waals surface area contributed by atoms with Crippen molar-refractivity contribution in [1.29, 1.82) is 0 Å². The highest BCUT2D eigenvalue weighted by molar-refractivity contribution is 6.14. The summed E-state index contributed by atoms with van der Waals surface area (Å²) in [6, 6.07) is 11.0. The Labute approximate surface area is 194 Å². The molecule has 1 saturated heterocycles. The average Bonchev–Trinajstić information content (AvgIpc) is 3.10. The molecule has 0 saturated carbocycles. The average molecular weight is 450 g/mol. The normalized spacial score (nSPS) is 15.6. The van der Waals surface area contributed by atoms with Crippen molar-refractivity contribution in [3.8, 4) is 11.1 Å². The molecule has 1 aromatic carbocycles. The van der Waals surface area contributed by atoms with Crippen molar-refractivity contribution in [3.63, 3.8) is 0 Å². The number of rotatable bonds is 11. The Bertz CT molecular complexity index is 986. The number of imide groups is 1. The molecule has 1 fully saturated rings. The van der Waals surface area contributed by atoms with Gasteiger partial charge < -0.3 is 10.1 Å². The summed E-state index contributed by atoms with van der Waals surface area (Å²) in [5.41, 5.74) is 3.05. The highest BCUT2D eigenvalue weighted by atomic mass is 16.5. The van der Waals surface area contributed by atoms with Crippen LogP contribution in [-0.4, -0.2) is 40.9 Å². The number of esters is 1. The van der Waals surface area contributed by atoms with Crippen molar-refractivity contribution in [2.75, 3.05) is 13.2 Å². The van der Waals surface area contributed by atoms with E-state index in [4.69, 9.17) is 4.74 Å². The highest BCUT2D eigenvalue weighted by Gasteiger charge is 2.33. The molecule has 7 heteroatoms. The SMILES string of the molecule is CCCCC(CC)COC(=O)CCN1C(=O)NC(=Cc2ccc(-c3ccncc3)cc2)C1=O. The molecule has 0 radical (unpaired) electrons. The molecule has 7 nitrogen and oxygen atoms in total. The lowest BCUT2D eigenvalue weighted by molar-refractivity contribution is -0.145. The van der Waals surface area contributed by atoms with E-state index < -0.39 is 17.9 Å². The van der Waals surface area contributed by atoms with Gasteiger partial charge in [0.2, 0.25) is 0 Å². The van der Waals surface area contributed by atoms with E-state index in [0.29, 0.717) is 12.5 Å². The summed E-state index contributed by atoms with van der Waals surface area (Å²) in [5.74, 6) is -0.486. The van der Waals surface area contributed by atoms with Crippen LogP contribution in [0.3, 0.4) is 0 Å². The number of unbranched alkanes of at least 4 members (excludes halogenated alkanes) is 1. The smallest absolute Gasteiger partial charge is 0.329 e.